The summed E-state index contributed by atoms with van der Waals surface area (Å²) < 4.78 is 2.30. The van der Waals surface area contributed by atoms with Crippen molar-refractivity contribution in [3.8, 4) is 0 Å². The maximum Gasteiger partial charge on any atom is 0.167 e. The van der Waals surface area contributed by atoms with Crippen molar-refractivity contribution in [2.24, 2.45) is 0 Å². The number of aromatic nitrogens is 4. The van der Waals surface area contributed by atoms with Gasteiger partial charge >= 0.3 is 0 Å². The van der Waals surface area contributed by atoms with E-state index in [9.17, 15) is 0 Å². The van der Waals surface area contributed by atoms with Crippen LogP contribution in [0.4, 0.5) is 0 Å². The molecule has 1 aliphatic heterocycles. The summed E-state index contributed by atoms with van der Waals surface area (Å²) >= 11 is 0. The summed E-state index contributed by atoms with van der Waals surface area (Å²) in [6.07, 6.45) is 4.54. The number of nitrogens with zero attached hydrogens (tertiary/aromatic N) is 4. The van der Waals surface area contributed by atoms with Gasteiger partial charge in [0.1, 0.15) is 5.82 Å². The van der Waals surface area contributed by atoms with Crippen LogP contribution in [-0.4, -0.2) is 31.2 Å². The number of rotatable bonds is 4. The molecule has 0 radical (unpaired) electrons. The number of benzene rings is 1. The molecule has 0 unspecified atom stereocenters. The smallest absolute Gasteiger partial charge is 0.167 e. The fraction of sp³-hybridized carbons (Fsp3) is 0.444. The van der Waals surface area contributed by atoms with Crippen molar-refractivity contribution >= 4 is 10.9 Å². The molecule has 0 amide bonds. The van der Waals surface area contributed by atoms with Gasteiger partial charge in [0.15, 0.2) is 5.82 Å². The molecule has 0 bridgehead atoms. The Balaban J connectivity index is 1.63. The minimum atomic E-state index is 0.337. The lowest BCUT2D eigenvalue weighted by atomic mass is 10.1. The molecular weight excluding hydrogens is 286 g/mol. The minimum absolute atomic E-state index is 0.337. The van der Waals surface area contributed by atoms with Crippen LogP contribution in [0.25, 0.3) is 10.9 Å². The van der Waals surface area contributed by atoms with Crippen LogP contribution in [0, 0.1) is 6.92 Å². The highest BCUT2D eigenvalue weighted by molar-refractivity contribution is 5.83. The zero-order valence-electron chi connectivity index (χ0n) is 13.8. The average Bonchev–Trinajstić information content (AvgIpc) is 3.26. The first-order valence-electron chi connectivity index (χ1n) is 8.46. The summed E-state index contributed by atoms with van der Waals surface area (Å²) in [5.41, 5.74) is 2.73. The molecule has 4 rings (SSSR count). The predicted molar refractivity (Wildman–Crippen MR) is 91.1 cm³/mol. The fourth-order valence-corrected chi connectivity index (χ4v) is 3.74. The number of likely N-dealkylation sites (tertiary alicyclic amines) is 1. The van der Waals surface area contributed by atoms with E-state index in [0.717, 1.165) is 37.7 Å². The number of H-pyrrole nitrogens is 1. The molecule has 0 aliphatic carbocycles. The van der Waals surface area contributed by atoms with Crippen LogP contribution in [0.15, 0.2) is 30.5 Å². The summed E-state index contributed by atoms with van der Waals surface area (Å²) in [6, 6.07) is 9.22. The summed E-state index contributed by atoms with van der Waals surface area (Å²) in [5, 5.41) is 8.73. The zero-order chi connectivity index (χ0) is 15.8. The summed E-state index contributed by atoms with van der Waals surface area (Å²) in [4.78, 5) is 7.07. The van der Waals surface area contributed by atoms with E-state index in [4.69, 9.17) is 0 Å². The van der Waals surface area contributed by atoms with E-state index in [2.05, 4.69) is 62.0 Å². The molecule has 5 nitrogen and oxygen atoms in total. The molecular formula is C18H23N5. The van der Waals surface area contributed by atoms with E-state index in [1.165, 1.54) is 22.9 Å². The van der Waals surface area contributed by atoms with Crippen LogP contribution in [0.2, 0.25) is 0 Å². The average molecular weight is 309 g/mol. The number of aryl methyl sites for hydroxylation is 2. The number of hydrogen-bond acceptors (Lipinski definition) is 3. The molecule has 1 atom stereocenters. The Labute approximate surface area is 136 Å². The van der Waals surface area contributed by atoms with Crippen LogP contribution in [0.5, 0.6) is 0 Å². The van der Waals surface area contributed by atoms with E-state index in [-0.39, 0.29) is 0 Å². The van der Waals surface area contributed by atoms with Crippen LogP contribution in [0.1, 0.15) is 43.0 Å². The van der Waals surface area contributed by atoms with Crippen molar-refractivity contribution < 1.29 is 0 Å². The van der Waals surface area contributed by atoms with Gasteiger partial charge in [0.25, 0.3) is 0 Å². The Morgan fingerprint density at radius 3 is 3.00 bits per heavy atom. The third-order valence-corrected chi connectivity index (χ3v) is 4.89. The van der Waals surface area contributed by atoms with Gasteiger partial charge in [-0.2, -0.15) is 5.10 Å². The normalized spacial score (nSPS) is 19.0. The quantitative estimate of drug-likeness (QED) is 0.803. The molecule has 5 heteroatoms. The Morgan fingerprint density at radius 2 is 2.22 bits per heavy atom. The third-order valence-electron chi connectivity index (χ3n) is 4.89. The summed E-state index contributed by atoms with van der Waals surface area (Å²) in [7, 11) is 0. The molecule has 3 heterocycles. The van der Waals surface area contributed by atoms with E-state index in [0.29, 0.717) is 6.04 Å². The third kappa shape index (κ3) is 2.55. The van der Waals surface area contributed by atoms with Gasteiger partial charge in [0.2, 0.25) is 0 Å². The molecule has 3 aromatic rings. The molecule has 1 saturated heterocycles. The molecule has 1 aliphatic rings. The first-order chi connectivity index (χ1) is 11.3. The van der Waals surface area contributed by atoms with Gasteiger partial charge in [-0.25, -0.2) is 4.98 Å². The van der Waals surface area contributed by atoms with Crippen LogP contribution < -0.4 is 0 Å². The van der Waals surface area contributed by atoms with E-state index >= 15 is 0 Å². The Bertz CT molecular complexity index is 816. The second-order valence-corrected chi connectivity index (χ2v) is 6.36. The highest BCUT2D eigenvalue weighted by Gasteiger charge is 2.29. The monoisotopic (exact) mass is 309 g/mol. The van der Waals surface area contributed by atoms with Crippen molar-refractivity contribution in [1.29, 1.82) is 0 Å². The Hall–Kier alpha value is -2.14. The molecule has 1 fully saturated rings. The van der Waals surface area contributed by atoms with Gasteiger partial charge < -0.3 is 4.57 Å². The number of hydrogen-bond donors (Lipinski definition) is 1. The zero-order valence-corrected chi connectivity index (χ0v) is 13.8. The first-order valence-corrected chi connectivity index (χ1v) is 8.46. The van der Waals surface area contributed by atoms with Crippen LogP contribution >= 0.6 is 0 Å². The van der Waals surface area contributed by atoms with E-state index in [1.807, 2.05) is 6.92 Å². The fourth-order valence-electron chi connectivity index (χ4n) is 3.74. The number of nitrogens with one attached hydrogen (secondary N) is 1. The number of aromatic amines is 1. The van der Waals surface area contributed by atoms with Gasteiger partial charge in [-0.05, 0) is 50.9 Å². The van der Waals surface area contributed by atoms with Gasteiger partial charge in [0.05, 0.1) is 6.04 Å². The van der Waals surface area contributed by atoms with Crippen LogP contribution in [0.3, 0.4) is 0 Å². The number of fused-ring (bicyclic) bond motifs is 1. The second kappa shape index (κ2) is 5.81. The van der Waals surface area contributed by atoms with Gasteiger partial charge in [-0.1, -0.05) is 12.1 Å². The lowest BCUT2D eigenvalue weighted by molar-refractivity contribution is 0.241. The SMILES string of the molecule is CCn1ccc2c(CN3CCC[C@H]3c3n[nH]c(C)n3)cccc21. The highest BCUT2D eigenvalue weighted by Crippen LogP contribution is 2.32. The summed E-state index contributed by atoms with van der Waals surface area (Å²) in [6.45, 7) is 7.24. The predicted octanol–water partition coefficient (Wildman–Crippen LogP) is 3.42. The van der Waals surface area contributed by atoms with Crippen molar-refractivity contribution in [1.82, 2.24) is 24.6 Å². The molecule has 120 valence electrons. The maximum absolute atomic E-state index is 4.55. The second-order valence-electron chi connectivity index (χ2n) is 6.36. The molecule has 0 spiro atoms. The van der Waals surface area contributed by atoms with Crippen molar-refractivity contribution in [2.45, 2.75) is 45.8 Å². The molecule has 23 heavy (non-hydrogen) atoms. The van der Waals surface area contributed by atoms with Crippen LogP contribution in [-0.2, 0) is 13.1 Å². The Morgan fingerprint density at radius 1 is 1.30 bits per heavy atom. The lowest BCUT2D eigenvalue weighted by Crippen LogP contribution is -2.23. The highest BCUT2D eigenvalue weighted by atomic mass is 15.3. The molecule has 2 aromatic heterocycles. The van der Waals surface area contributed by atoms with Gasteiger partial charge in [-0.15, -0.1) is 0 Å². The van der Waals surface area contributed by atoms with Crippen molar-refractivity contribution in [2.75, 3.05) is 6.54 Å². The minimum Gasteiger partial charge on any atom is -0.348 e. The van der Waals surface area contributed by atoms with Gasteiger partial charge in [0, 0.05) is 30.2 Å². The van der Waals surface area contributed by atoms with Crippen molar-refractivity contribution in [3.05, 3.63) is 47.7 Å². The lowest BCUT2D eigenvalue weighted by Gasteiger charge is -2.22. The van der Waals surface area contributed by atoms with Gasteiger partial charge in [-0.3, -0.25) is 10.00 Å². The molecule has 0 saturated carbocycles. The standard InChI is InChI=1S/C18H23N5/c1-3-22-11-9-15-14(6-4-7-16(15)22)12-23-10-5-8-17(23)18-19-13(2)20-21-18/h4,6-7,9,11,17H,3,5,8,10,12H2,1-2H3,(H,19,20,21)/t17-/m0/s1. The first kappa shape index (κ1) is 14.5. The molecule has 1 N–H and O–H groups in total. The molecule has 1 aromatic carbocycles. The summed E-state index contributed by atoms with van der Waals surface area (Å²) in [5.74, 6) is 1.84. The topological polar surface area (TPSA) is 49.7 Å². The van der Waals surface area contributed by atoms with E-state index < -0.39 is 0 Å². The largest absolute Gasteiger partial charge is 0.348 e. The van der Waals surface area contributed by atoms with E-state index in [1.54, 1.807) is 0 Å². The van der Waals surface area contributed by atoms with Crippen molar-refractivity contribution in [3.63, 3.8) is 0 Å². The Kier molecular flexibility index (Phi) is 3.65. The maximum atomic E-state index is 4.55.